The fourth-order valence-electron chi connectivity index (χ4n) is 5.32. The van der Waals surface area contributed by atoms with E-state index in [1.165, 1.54) is 12.1 Å². The first-order chi connectivity index (χ1) is 17.6. The third-order valence-corrected chi connectivity index (χ3v) is 9.60. The summed E-state index contributed by atoms with van der Waals surface area (Å²) >= 11 is 0. The quantitative estimate of drug-likeness (QED) is 0.435. The molecule has 0 aliphatic carbocycles. The number of hydrogen-bond acceptors (Lipinski definition) is 5. The molecule has 3 aromatic rings. The zero-order chi connectivity index (χ0) is 26.2. The van der Waals surface area contributed by atoms with Crippen LogP contribution < -0.4 is 4.90 Å². The molecule has 1 aromatic heterocycles. The van der Waals surface area contributed by atoms with Crippen molar-refractivity contribution in [3.05, 3.63) is 78.1 Å². The summed E-state index contributed by atoms with van der Waals surface area (Å²) in [4.78, 5) is 2.01. The molecule has 5 rings (SSSR count). The van der Waals surface area contributed by atoms with Crippen LogP contribution in [0.25, 0.3) is 0 Å². The average molecular weight is 538 g/mol. The van der Waals surface area contributed by atoms with Gasteiger partial charge in [0.25, 0.3) is 0 Å². The van der Waals surface area contributed by atoms with E-state index in [0.29, 0.717) is 28.6 Å². The van der Waals surface area contributed by atoms with Crippen molar-refractivity contribution in [2.45, 2.75) is 55.7 Å². The van der Waals surface area contributed by atoms with Gasteiger partial charge in [-0.2, -0.15) is 17.5 Å². The highest BCUT2D eigenvalue weighted by Crippen LogP contribution is 2.43. The van der Waals surface area contributed by atoms with Crippen molar-refractivity contribution in [3.63, 3.8) is 0 Å². The Morgan fingerprint density at radius 3 is 2.22 bits per heavy atom. The largest absolute Gasteiger partial charge is 0.405 e. The standard InChI is InChI=1S/C25H27F4N5O2S/c26-22-14-21(32-12-10-20(11-13-32)33-16-30-31-17-33)7-6-19(22)15-34-24(25(27,28)29)9-8-23(37(34,35)36)18-4-2-1-3-5-18/h1-7,14,16-17,20,23-24H,8-13,15H2/t23-,24+/m0/s1. The molecule has 2 fully saturated rings. The molecule has 12 heteroatoms. The summed E-state index contributed by atoms with van der Waals surface area (Å²) in [5.74, 6) is -0.726. The van der Waals surface area contributed by atoms with E-state index in [1.54, 1.807) is 49.1 Å². The van der Waals surface area contributed by atoms with Crippen molar-refractivity contribution in [3.8, 4) is 0 Å². The number of nitrogens with zero attached hydrogens (tertiary/aromatic N) is 5. The van der Waals surface area contributed by atoms with Crippen LogP contribution in [0.3, 0.4) is 0 Å². The Bertz CT molecular complexity index is 1310. The van der Waals surface area contributed by atoms with Gasteiger partial charge in [0.1, 0.15) is 29.8 Å². The maximum atomic E-state index is 15.2. The number of piperidine rings is 1. The fourth-order valence-corrected chi connectivity index (χ4v) is 7.49. The van der Waals surface area contributed by atoms with Crippen molar-refractivity contribution < 1.29 is 26.0 Å². The third kappa shape index (κ3) is 5.22. The van der Waals surface area contributed by atoms with E-state index in [9.17, 15) is 21.6 Å². The molecule has 2 aromatic carbocycles. The fraction of sp³-hybridized carbons (Fsp3) is 0.440. The summed E-state index contributed by atoms with van der Waals surface area (Å²) in [5.41, 5.74) is 0.952. The van der Waals surface area contributed by atoms with Crippen LogP contribution >= 0.6 is 0 Å². The Balaban J connectivity index is 1.36. The molecule has 2 aliphatic rings. The maximum Gasteiger partial charge on any atom is 0.405 e. The first-order valence-corrected chi connectivity index (χ1v) is 13.6. The van der Waals surface area contributed by atoms with Gasteiger partial charge < -0.3 is 9.47 Å². The number of anilines is 1. The molecule has 0 radical (unpaired) electrons. The predicted molar refractivity (Wildman–Crippen MR) is 130 cm³/mol. The van der Waals surface area contributed by atoms with E-state index in [4.69, 9.17) is 0 Å². The monoisotopic (exact) mass is 537 g/mol. The summed E-state index contributed by atoms with van der Waals surface area (Å²) in [6, 6.07) is 10.6. The Labute approximate surface area is 212 Å². The molecule has 198 valence electrons. The van der Waals surface area contributed by atoms with E-state index in [2.05, 4.69) is 10.2 Å². The van der Waals surface area contributed by atoms with E-state index in [0.717, 1.165) is 12.8 Å². The van der Waals surface area contributed by atoms with Gasteiger partial charge in [0.2, 0.25) is 10.0 Å². The van der Waals surface area contributed by atoms with E-state index in [-0.39, 0.29) is 24.4 Å². The van der Waals surface area contributed by atoms with Crippen LogP contribution in [-0.4, -0.2) is 52.8 Å². The predicted octanol–water partition coefficient (Wildman–Crippen LogP) is 4.86. The number of halogens is 4. The second-order valence-electron chi connectivity index (χ2n) is 9.53. The van der Waals surface area contributed by atoms with E-state index >= 15 is 4.39 Å². The molecular formula is C25H27F4N5O2S. The maximum absolute atomic E-state index is 15.2. The zero-order valence-corrected chi connectivity index (χ0v) is 20.7. The van der Waals surface area contributed by atoms with Gasteiger partial charge in [-0.25, -0.2) is 12.8 Å². The molecule has 3 heterocycles. The first kappa shape index (κ1) is 25.7. The summed E-state index contributed by atoms with van der Waals surface area (Å²) in [5, 5.41) is 6.55. The van der Waals surface area contributed by atoms with Gasteiger partial charge in [0.05, 0.1) is 0 Å². The third-order valence-electron chi connectivity index (χ3n) is 7.34. The highest BCUT2D eigenvalue weighted by Gasteiger charge is 2.53. The van der Waals surface area contributed by atoms with Gasteiger partial charge in [0.15, 0.2) is 0 Å². The Morgan fingerprint density at radius 1 is 0.919 bits per heavy atom. The smallest absolute Gasteiger partial charge is 0.371 e. The number of aromatic nitrogens is 3. The Kier molecular flexibility index (Phi) is 6.97. The summed E-state index contributed by atoms with van der Waals surface area (Å²) in [7, 11) is -4.40. The van der Waals surface area contributed by atoms with Crippen LogP contribution in [0.4, 0.5) is 23.2 Å². The van der Waals surface area contributed by atoms with Crippen LogP contribution in [0.5, 0.6) is 0 Å². The molecule has 37 heavy (non-hydrogen) atoms. The molecule has 0 saturated carbocycles. The minimum Gasteiger partial charge on any atom is -0.371 e. The van der Waals surface area contributed by atoms with Crippen molar-refractivity contribution in [2.75, 3.05) is 18.0 Å². The second-order valence-corrected chi connectivity index (χ2v) is 11.6. The lowest BCUT2D eigenvalue weighted by molar-refractivity contribution is -0.176. The van der Waals surface area contributed by atoms with Gasteiger partial charge in [-0.05, 0) is 43.4 Å². The van der Waals surface area contributed by atoms with Gasteiger partial charge >= 0.3 is 6.18 Å². The summed E-state index contributed by atoms with van der Waals surface area (Å²) in [6.45, 7) is 0.645. The van der Waals surface area contributed by atoms with Gasteiger partial charge in [0, 0.05) is 36.9 Å². The topological polar surface area (TPSA) is 71.3 Å². The molecule has 0 bridgehead atoms. The van der Waals surface area contributed by atoms with E-state index < -0.39 is 39.9 Å². The van der Waals surface area contributed by atoms with Crippen LogP contribution in [0.15, 0.2) is 61.2 Å². The molecule has 7 nitrogen and oxygen atoms in total. The van der Waals surface area contributed by atoms with Crippen LogP contribution in [-0.2, 0) is 16.6 Å². The molecule has 2 atom stereocenters. The van der Waals surface area contributed by atoms with Crippen LogP contribution in [0.2, 0.25) is 0 Å². The zero-order valence-electron chi connectivity index (χ0n) is 19.9. The highest BCUT2D eigenvalue weighted by atomic mass is 32.2. The van der Waals surface area contributed by atoms with Crippen molar-refractivity contribution in [2.24, 2.45) is 0 Å². The minimum atomic E-state index is -4.76. The van der Waals surface area contributed by atoms with E-state index in [1.807, 2.05) is 9.47 Å². The number of alkyl halides is 3. The first-order valence-electron chi connectivity index (χ1n) is 12.1. The lowest BCUT2D eigenvalue weighted by Crippen LogP contribution is -2.52. The van der Waals surface area contributed by atoms with Gasteiger partial charge in [-0.1, -0.05) is 36.4 Å². The highest BCUT2D eigenvalue weighted by molar-refractivity contribution is 7.89. The van der Waals surface area contributed by atoms with Crippen molar-refractivity contribution in [1.82, 2.24) is 19.1 Å². The molecule has 0 N–H and O–H groups in total. The number of rotatable bonds is 5. The van der Waals surface area contributed by atoms with Crippen molar-refractivity contribution in [1.29, 1.82) is 0 Å². The van der Waals surface area contributed by atoms with Gasteiger partial charge in [-0.15, -0.1) is 10.2 Å². The summed E-state index contributed by atoms with van der Waals surface area (Å²) < 4.78 is 86.1. The average Bonchev–Trinajstić information content (AvgIpc) is 3.41. The molecule has 0 unspecified atom stereocenters. The number of benzene rings is 2. The Hall–Kier alpha value is -2.99. The number of hydrogen-bond donors (Lipinski definition) is 0. The normalized spacial score (nSPS) is 23.3. The van der Waals surface area contributed by atoms with Gasteiger partial charge in [-0.3, -0.25) is 0 Å². The van der Waals surface area contributed by atoms with Crippen molar-refractivity contribution >= 4 is 15.7 Å². The minimum absolute atomic E-state index is 0.0883. The molecule has 0 amide bonds. The lowest BCUT2D eigenvalue weighted by atomic mass is 10.0. The molecular weight excluding hydrogens is 510 g/mol. The Morgan fingerprint density at radius 2 is 1.59 bits per heavy atom. The number of sulfonamides is 1. The second kappa shape index (κ2) is 10.1. The molecule has 2 saturated heterocycles. The van der Waals surface area contributed by atoms with Crippen LogP contribution in [0.1, 0.15) is 48.1 Å². The SMILES string of the molecule is O=S1(=O)[C@H](c2ccccc2)CC[C@H](C(F)(F)F)N1Cc1ccc(N2CCC(n3cnnc3)CC2)cc1F. The molecule has 0 spiro atoms. The van der Waals surface area contributed by atoms with Crippen LogP contribution in [0, 0.1) is 5.82 Å². The molecule has 2 aliphatic heterocycles. The summed E-state index contributed by atoms with van der Waals surface area (Å²) in [6.07, 6.45) is -0.355. The lowest BCUT2D eigenvalue weighted by Gasteiger charge is -2.40.